The van der Waals surface area contributed by atoms with E-state index in [4.69, 9.17) is 10.0 Å². The van der Waals surface area contributed by atoms with Gasteiger partial charge in [0, 0.05) is 23.7 Å². The zero-order valence-electron chi connectivity index (χ0n) is 8.28. The summed E-state index contributed by atoms with van der Waals surface area (Å²) < 4.78 is 24.7. The van der Waals surface area contributed by atoms with Crippen molar-refractivity contribution in [3.63, 3.8) is 0 Å². The van der Waals surface area contributed by atoms with Crippen LogP contribution in [0, 0.1) is 0 Å². The molecular weight excluding hydrogens is 251 g/mol. The normalized spacial score (nSPS) is 11.4. The molecule has 1 aromatic rings. The fourth-order valence-electron chi connectivity index (χ4n) is 0.823. The van der Waals surface area contributed by atoms with Crippen LogP contribution in [-0.4, -0.2) is 42.1 Å². The summed E-state index contributed by atoms with van der Waals surface area (Å²) in [7, 11) is -5.18. The first-order chi connectivity index (χ1) is 7.49. The van der Waals surface area contributed by atoms with Crippen molar-refractivity contribution in [3.05, 3.63) is 24.5 Å². The van der Waals surface area contributed by atoms with Gasteiger partial charge in [0.05, 0.1) is 0 Å². The lowest BCUT2D eigenvalue weighted by Crippen LogP contribution is -2.35. The van der Waals surface area contributed by atoms with E-state index in [2.05, 4.69) is 9.71 Å². The van der Waals surface area contributed by atoms with Crippen LogP contribution in [0.15, 0.2) is 29.4 Å². The van der Waals surface area contributed by atoms with Gasteiger partial charge in [-0.2, -0.15) is 0 Å². The summed E-state index contributed by atoms with van der Waals surface area (Å²) in [6.45, 7) is 0. The zero-order valence-corrected chi connectivity index (χ0v) is 9.91. The molecule has 0 radical (unpaired) electrons. The summed E-state index contributed by atoms with van der Waals surface area (Å²) in [6, 6.07) is 3.39. The molecule has 3 N–H and O–H groups in total. The lowest BCUT2D eigenvalue weighted by molar-refractivity contribution is 0.404. The van der Waals surface area contributed by atoms with Crippen LogP contribution >= 0.6 is 11.8 Å². The number of nitrogens with one attached hydrogen (secondary N) is 1. The average molecular weight is 262 g/mol. The number of aromatic nitrogens is 1. The van der Waals surface area contributed by atoms with Gasteiger partial charge in [-0.3, -0.25) is 4.98 Å². The molecule has 0 saturated carbocycles. The van der Waals surface area contributed by atoms with Gasteiger partial charge in [0.25, 0.3) is 0 Å². The minimum Gasteiger partial charge on any atom is -0.426 e. The second-order valence-electron chi connectivity index (χ2n) is 2.89. The Hall–Kier alpha value is -0.605. The number of thioether (sulfide) groups is 1. The van der Waals surface area contributed by atoms with Crippen molar-refractivity contribution in [2.24, 2.45) is 0 Å². The first-order valence-corrected chi connectivity index (χ1v) is 7.00. The quantitative estimate of drug-likeness (QED) is 0.452. The van der Waals surface area contributed by atoms with Crippen LogP contribution in [0.2, 0.25) is 0 Å². The molecule has 9 heteroatoms. The van der Waals surface area contributed by atoms with Crippen LogP contribution in [0.4, 0.5) is 0 Å². The van der Waals surface area contributed by atoms with Crippen molar-refractivity contribution < 1.29 is 18.5 Å². The number of rotatable bonds is 6. The molecule has 16 heavy (non-hydrogen) atoms. The second-order valence-corrected chi connectivity index (χ2v) is 6.11. The number of nitrogens with zero attached hydrogens (tertiary/aromatic N) is 1. The minimum absolute atomic E-state index is 0.177. The Morgan fingerprint density at radius 1 is 1.38 bits per heavy atom. The molecule has 0 amide bonds. The molecule has 0 saturated heterocycles. The lowest BCUT2D eigenvalue weighted by atomic mass is 9.94. The molecule has 0 unspecified atom stereocenters. The Balaban J connectivity index is 2.42. The third kappa shape index (κ3) is 5.47. The van der Waals surface area contributed by atoms with E-state index in [1.807, 2.05) is 0 Å². The second kappa shape index (κ2) is 6.21. The van der Waals surface area contributed by atoms with E-state index in [9.17, 15) is 8.42 Å². The van der Waals surface area contributed by atoms with Crippen molar-refractivity contribution in [1.29, 1.82) is 0 Å². The fraction of sp³-hybridized carbons (Fsp3) is 0.286. The van der Waals surface area contributed by atoms with Crippen molar-refractivity contribution >= 4 is 28.9 Å². The molecule has 1 rings (SSSR count). The monoisotopic (exact) mass is 262 g/mol. The molecule has 0 atom stereocenters. The van der Waals surface area contributed by atoms with Gasteiger partial charge in [-0.05, 0) is 12.1 Å². The third-order valence-corrected chi connectivity index (χ3v) is 4.44. The highest BCUT2D eigenvalue weighted by molar-refractivity contribution is 8.11. The van der Waals surface area contributed by atoms with Crippen LogP contribution in [0.3, 0.4) is 0 Å². The molecule has 1 heterocycles. The van der Waals surface area contributed by atoms with Gasteiger partial charge < -0.3 is 10.0 Å². The Morgan fingerprint density at radius 3 is 2.56 bits per heavy atom. The van der Waals surface area contributed by atoms with E-state index in [1.165, 1.54) is 0 Å². The summed E-state index contributed by atoms with van der Waals surface area (Å²) in [4.78, 5) is 4.59. The number of hydrogen-bond donors (Lipinski definition) is 3. The average Bonchev–Trinajstić information content (AvgIpc) is 2.26. The van der Waals surface area contributed by atoms with Crippen molar-refractivity contribution in [1.82, 2.24) is 9.71 Å². The SMILES string of the molecule is O=S(=O)(CSc1ccncc1)NCB(O)O. The number of pyridine rings is 1. The Kier molecular flexibility index (Phi) is 5.22. The molecule has 0 bridgehead atoms. The van der Waals surface area contributed by atoms with Crippen LogP contribution < -0.4 is 4.72 Å². The van der Waals surface area contributed by atoms with Gasteiger partial charge in [-0.25, -0.2) is 13.1 Å². The first kappa shape index (κ1) is 13.5. The predicted octanol–water partition coefficient (Wildman–Crippen LogP) is -0.937. The van der Waals surface area contributed by atoms with E-state index in [1.54, 1.807) is 24.5 Å². The summed E-state index contributed by atoms with van der Waals surface area (Å²) in [5, 5.41) is 16.9. The van der Waals surface area contributed by atoms with Crippen LogP contribution in [-0.2, 0) is 10.0 Å². The molecule has 88 valence electrons. The predicted molar refractivity (Wildman–Crippen MR) is 62.1 cm³/mol. The molecule has 0 aliphatic carbocycles. The number of sulfonamides is 1. The van der Waals surface area contributed by atoms with Gasteiger partial charge >= 0.3 is 7.12 Å². The van der Waals surface area contributed by atoms with Crippen molar-refractivity contribution in [2.75, 3.05) is 11.5 Å². The summed E-state index contributed by atoms with van der Waals surface area (Å²) in [5.41, 5.74) is 0. The molecule has 0 aliphatic rings. The van der Waals surface area contributed by atoms with E-state index in [-0.39, 0.29) is 5.08 Å². The van der Waals surface area contributed by atoms with Crippen molar-refractivity contribution in [3.8, 4) is 0 Å². The summed E-state index contributed by atoms with van der Waals surface area (Å²) in [6.07, 6.45) is 2.74. The summed E-state index contributed by atoms with van der Waals surface area (Å²) >= 11 is 1.13. The highest BCUT2D eigenvalue weighted by Crippen LogP contribution is 2.17. The van der Waals surface area contributed by atoms with Crippen molar-refractivity contribution in [2.45, 2.75) is 4.90 Å². The van der Waals surface area contributed by atoms with E-state index < -0.39 is 23.6 Å². The molecule has 0 aromatic carbocycles. The maximum Gasteiger partial charge on any atom is 0.467 e. The van der Waals surface area contributed by atoms with Gasteiger partial charge in [0.15, 0.2) is 0 Å². The van der Waals surface area contributed by atoms with Crippen LogP contribution in [0.1, 0.15) is 0 Å². The third-order valence-electron chi connectivity index (χ3n) is 1.52. The molecule has 1 aromatic heterocycles. The summed E-state index contributed by atoms with van der Waals surface area (Å²) in [5.74, 6) is 0. The van der Waals surface area contributed by atoms with Gasteiger partial charge in [0.2, 0.25) is 10.0 Å². The molecular formula is C7H11BN2O4S2. The highest BCUT2D eigenvalue weighted by atomic mass is 32.3. The topological polar surface area (TPSA) is 99.5 Å². The molecule has 0 spiro atoms. The van der Waals surface area contributed by atoms with E-state index >= 15 is 0 Å². The van der Waals surface area contributed by atoms with E-state index in [0.717, 1.165) is 16.7 Å². The maximum atomic E-state index is 11.3. The fourth-order valence-corrected chi connectivity index (χ4v) is 3.04. The molecule has 0 aliphatic heterocycles. The first-order valence-electron chi connectivity index (χ1n) is 4.36. The minimum atomic E-state index is -3.50. The Morgan fingerprint density at radius 2 is 2.00 bits per heavy atom. The molecule has 0 fully saturated rings. The highest BCUT2D eigenvalue weighted by Gasteiger charge is 2.15. The largest absolute Gasteiger partial charge is 0.467 e. The van der Waals surface area contributed by atoms with Crippen LogP contribution in [0.5, 0.6) is 0 Å². The van der Waals surface area contributed by atoms with E-state index in [0.29, 0.717) is 0 Å². The Bertz CT molecular complexity index is 412. The van der Waals surface area contributed by atoms with Crippen LogP contribution in [0.25, 0.3) is 0 Å². The smallest absolute Gasteiger partial charge is 0.426 e. The van der Waals surface area contributed by atoms with Gasteiger partial charge in [-0.1, -0.05) is 0 Å². The maximum absolute atomic E-state index is 11.3. The Labute approximate surface area is 98.3 Å². The zero-order chi connectivity index (χ0) is 12.0. The molecule has 6 nitrogen and oxygen atoms in total. The van der Waals surface area contributed by atoms with Gasteiger partial charge in [-0.15, -0.1) is 11.8 Å². The van der Waals surface area contributed by atoms with Gasteiger partial charge in [0.1, 0.15) is 5.08 Å². The lowest BCUT2D eigenvalue weighted by Gasteiger charge is -2.05. The number of hydrogen-bond acceptors (Lipinski definition) is 6. The standard InChI is InChI=1S/C7H11BN2O4S2/c11-8(12)5-10-16(13,14)6-15-7-1-3-9-4-2-7/h1-4,10-12H,5-6H2.